The van der Waals surface area contributed by atoms with Gasteiger partial charge in [-0.3, -0.25) is 9.59 Å². The van der Waals surface area contributed by atoms with Crippen molar-refractivity contribution in [3.63, 3.8) is 0 Å². The Kier molecular flexibility index (Phi) is 1.87. The number of nitrogens with zero attached hydrogens (tertiary/aromatic N) is 1. The molecule has 0 N–H and O–H groups in total. The van der Waals surface area contributed by atoms with E-state index in [0.29, 0.717) is 12.8 Å². The van der Waals surface area contributed by atoms with E-state index in [0.717, 1.165) is 25.8 Å². The lowest BCUT2D eigenvalue weighted by atomic mass is 9.91. The molecule has 0 aromatic rings. The Morgan fingerprint density at radius 1 is 1.17 bits per heavy atom. The quantitative estimate of drug-likeness (QED) is 0.540. The van der Waals surface area contributed by atoms with Gasteiger partial charge in [-0.2, -0.15) is 0 Å². The number of hydrogen-bond donors (Lipinski definition) is 0. The molecule has 1 saturated carbocycles. The van der Waals surface area contributed by atoms with Crippen molar-refractivity contribution in [2.75, 3.05) is 6.54 Å². The summed E-state index contributed by atoms with van der Waals surface area (Å²) in [6.45, 7) is 0.801. The third-order valence-corrected chi connectivity index (χ3v) is 2.79. The molecule has 0 aromatic carbocycles. The number of carbonyl (C=O) groups is 2. The van der Waals surface area contributed by atoms with E-state index in [2.05, 4.69) is 0 Å². The van der Waals surface area contributed by atoms with Crippen molar-refractivity contribution in [2.45, 2.75) is 38.1 Å². The molecule has 1 atom stereocenters. The minimum Gasteiger partial charge on any atom is -0.332 e. The van der Waals surface area contributed by atoms with Crippen molar-refractivity contribution >= 4 is 11.7 Å². The molecule has 0 aromatic heterocycles. The fourth-order valence-electron chi connectivity index (χ4n) is 1.96. The molecule has 1 heterocycles. The standard InChI is InChI=1S/C9H13NO2/c11-8-4-2-1-3-7(8)10-6-5-9(10)12/h7H,1-6H2. The van der Waals surface area contributed by atoms with Gasteiger partial charge < -0.3 is 4.90 Å². The predicted molar refractivity (Wildman–Crippen MR) is 43.6 cm³/mol. The fraction of sp³-hybridized carbons (Fsp3) is 0.778. The van der Waals surface area contributed by atoms with E-state index in [1.54, 1.807) is 4.90 Å². The second-order valence-electron chi connectivity index (χ2n) is 3.57. The highest BCUT2D eigenvalue weighted by atomic mass is 16.2. The molecule has 0 bridgehead atoms. The van der Waals surface area contributed by atoms with Crippen LogP contribution in [0.1, 0.15) is 32.1 Å². The van der Waals surface area contributed by atoms with Crippen molar-refractivity contribution in [1.82, 2.24) is 4.90 Å². The van der Waals surface area contributed by atoms with Gasteiger partial charge in [-0.05, 0) is 12.8 Å². The average Bonchev–Trinajstić information content (AvgIpc) is 2.06. The lowest BCUT2D eigenvalue weighted by Crippen LogP contribution is -2.53. The van der Waals surface area contributed by atoms with E-state index in [1.807, 2.05) is 0 Å². The predicted octanol–water partition coefficient (Wildman–Crippen LogP) is 0.730. The Labute approximate surface area is 71.7 Å². The summed E-state index contributed by atoms with van der Waals surface area (Å²) in [5, 5.41) is 0. The van der Waals surface area contributed by atoms with Crippen molar-refractivity contribution in [3.05, 3.63) is 0 Å². The highest BCUT2D eigenvalue weighted by Gasteiger charge is 2.35. The number of β-lactam (4-membered cyclic amide) rings is 1. The maximum absolute atomic E-state index is 11.4. The monoisotopic (exact) mass is 167 g/mol. The van der Waals surface area contributed by atoms with E-state index in [-0.39, 0.29) is 17.7 Å². The molecule has 1 amide bonds. The second-order valence-corrected chi connectivity index (χ2v) is 3.57. The van der Waals surface area contributed by atoms with Crippen molar-refractivity contribution in [1.29, 1.82) is 0 Å². The number of Topliss-reactive ketones (excluding diaryl/α,β-unsaturated/α-hetero) is 1. The van der Waals surface area contributed by atoms with Crippen molar-refractivity contribution in [2.24, 2.45) is 0 Å². The van der Waals surface area contributed by atoms with Gasteiger partial charge in [0.15, 0.2) is 5.78 Å². The Morgan fingerprint density at radius 2 is 2.00 bits per heavy atom. The lowest BCUT2D eigenvalue weighted by molar-refractivity contribution is -0.149. The molecule has 66 valence electrons. The van der Waals surface area contributed by atoms with Gasteiger partial charge >= 0.3 is 0 Å². The van der Waals surface area contributed by atoms with Gasteiger partial charge in [0.05, 0.1) is 6.04 Å². The Balaban J connectivity index is 2.01. The van der Waals surface area contributed by atoms with Crippen LogP contribution in [0.3, 0.4) is 0 Å². The number of hydrogen-bond acceptors (Lipinski definition) is 2. The highest BCUT2D eigenvalue weighted by molar-refractivity contribution is 5.91. The van der Waals surface area contributed by atoms with Gasteiger partial charge in [0.25, 0.3) is 0 Å². The van der Waals surface area contributed by atoms with Crippen LogP contribution in [0.2, 0.25) is 0 Å². The van der Waals surface area contributed by atoms with Crippen LogP contribution in [0.25, 0.3) is 0 Å². The molecule has 3 heteroatoms. The largest absolute Gasteiger partial charge is 0.332 e. The Bertz CT molecular complexity index is 225. The van der Waals surface area contributed by atoms with Crippen LogP contribution < -0.4 is 0 Å². The summed E-state index contributed by atoms with van der Waals surface area (Å²) in [4.78, 5) is 24.2. The zero-order valence-electron chi connectivity index (χ0n) is 7.08. The van der Waals surface area contributed by atoms with Crippen LogP contribution in [-0.2, 0) is 9.59 Å². The summed E-state index contributed by atoms with van der Waals surface area (Å²) in [5.41, 5.74) is 0. The van der Waals surface area contributed by atoms with Crippen molar-refractivity contribution in [3.8, 4) is 0 Å². The van der Waals surface area contributed by atoms with Gasteiger partial charge in [-0.15, -0.1) is 0 Å². The fourth-order valence-corrected chi connectivity index (χ4v) is 1.96. The lowest BCUT2D eigenvalue weighted by Gasteiger charge is -2.38. The third-order valence-electron chi connectivity index (χ3n) is 2.79. The molecule has 12 heavy (non-hydrogen) atoms. The van der Waals surface area contributed by atoms with Gasteiger partial charge in [0.1, 0.15) is 0 Å². The first-order valence-electron chi connectivity index (χ1n) is 4.61. The molecule has 2 fully saturated rings. The molecule has 1 unspecified atom stereocenters. The van der Waals surface area contributed by atoms with E-state index >= 15 is 0 Å². The summed E-state index contributed by atoms with van der Waals surface area (Å²) < 4.78 is 0. The summed E-state index contributed by atoms with van der Waals surface area (Å²) in [6, 6.07) is -0.0556. The maximum Gasteiger partial charge on any atom is 0.224 e. The van der Waals surface area contributed by atoms with Crippen LogP contribution in [0.15, 0.2) is 0 Å². The zero-order chi connectivity index (χ0) is 8.55. The molecule has 3 nitrogen and oxygen atoms in total. The number of carbonyl (C=O) groups excluding carboxylic acids is 2. The average molecular weight is 167 g/mol. The smallest absolute Gasteiger partial charge is 0.224 e. The topological polar surface area (TPSA) is 37.4 Å². The maximum atomic E-state index is 11.4. The first-order chi connectivity index (χ1) is 5.79. The minimum absolute atomic E-state index is 0.0556. The van der Waals surface area contributed by atoms with Gasteiger partial charge in [0.2, 0.25) is 5.91 Å². The molecular formula is C9H13NO2. The summed E-state index contributed by atoms with van der Waals surface area (Å²) in [5.74, 6) is 0.435. The van der Waals surface area contributed by atoms with E-state index in [9.17, 15) is 9.59 Å². The molecule has 0 spiro atoms. The van der Waals surface area contributed by atoms with Crippen LogP contribution in [-0.4, -0.2) is 29.2 Å². The first-order valence-corrected chi connectivity index (χ1v) is 4.61. The zero-order valence-corrected chi connectivity index (χ0v) is 7.08. The van der Waals surface area contributed by atoms with E-state index in [1.165, 1.54) is 0 Å². The normalized spacial score (nSPS) is 30.3. The molecule has 0 radical (unpaired) electrons. The van der Waals surface area contributed by atoms with Gasteiger partial charge in [-0.25, -0.2) is 0 Å². The highest BCUT2D eigenvalue weighted by Crippen LogP contribution is 2.24. The molecular weight excluding hydrogens is 154 g/mol. The SMILES string of the molecule is O=C1CCCCC1N1CCC1=O. The number of amides is 1. The van der Waals surface area contributed by atoms with Crippen LogP contribution >= 0.6 is 0 Å². The van der Waals surface area contributed by atoms with Crippen molar-refractivity contribution < 1.29 is 9.59 Å². The Morgan fingerprint density at radius 3 is 2.50 bits per heavy atom. The minimum atomic E-state index is -0.0556. The molecule has 2 aliphatic rings. The number of rotatable bonds is 1. The van der Waals surface area contributed by atoms with Crippen LogP contribution in [0.5, 0.6) is 0 Å². The van der Waals surface area contributed by atoms with E-state index in [4.69, 9.17) is 0 Å². The number of likely N-dealkylation sites (tertiary alicyclic amines) is 1. The summed E-state index contributed by atoms with van der Waals surface area (Å²) >= 11 is 0. The van der Waals surface area contributed by atoms with E-state index < -0.39 is 0 Å². The molecule has 1 saturated heterocycles. The molecule has 1 aliphatic carbocycles. The second kappa shape index (κ2) is 2.88. The van der Waals surface area contributed by atoms with Crippen LogP contribution in [0.4, 0.5) is 0 Å². The Hall–Kier alpha value is -0.860. The summed E-state index contributed by atoms with van der Waals surface area (Å²) in [6.07, 6.45) is 4.32. The number of ketones is 1. The summed E-state index contributed by atoms with van der Waals surface area (Å²) in [7, 11) is 0. The molecule has 2 rings (SSSR count). The molecule has 1 aliphatic heterocycles. The first kappa shape index (κ1) is 7.77. The third kappa shape index (κ3) is 1.13. The van der Waals surface area contributed by atoms with Gasteiger partial charge in [-0.1, -0.05) is 6.42 Å². The van der Waals surface area contributed by atoms with Crippen LogP contribution in [0, 0.1) is 0 Å². The van der Waals surface area contributed by atoms with Gasteiger partial charge in [0, 0.05) is 19.4 Å².